The molecule has 0 bridgehead atoms. The summed E-state index contributed by atoms with van der Waals surface area (Å²) in [6.45, 7) is 8.71. The van der Waals surface area contributed by atoms with E-state index in [1.807, 2.05) is 25.3 Å². The van der Waals surface area contributed by atoms with Crippen LogP contribution in [0.3, 0.4) is 0 Å². The van der Waals surface area contributed by atoms with E-state index in [-0.39, 0.29) is 5.56 Å². The predicted molar refractivity (Wildman–Crippen MR) is 155 cm³/mol. The maximum Gasteiger partial charge on any atom is 0.260 e. The summed E-state index contributed by atoms with van der Waals surface area (Å²) in [4.78, 5) is 27.9. The summed E-state index contributed by atoms with van der Waals surface area (Å²) in [5.41, 5.74) is 5.74. The Morgan fingerprint density at radius 2 is 1.82 bits per heavy atom. The average Bonchev–Trinajstić information content (AvgIpc) is 3.49. The SMILES string of the molecule is CCn1c(=O)c(-c2ccccc2C2CCNC2)cc2cnc(Nc3ccc(N4CCN(C)CC4)cc3)nc21. The van der Waals surface area contributed by atoms with Crippen molar-refractivity contribution < 1.29 is 0 Å². The second-order valence-electron chi connectivity index (χ2n) is 10.3. The zero-order valence-corrected chi connectivity index (χ0v) is 22.2. The van der Waals surface area contributed by atoms with E-state index in [4.69, 9.17) is 4.98 Å². The van der Waals surface area contributed by atoms with Crippen LogP contribution in [0.5, 0.6) is 0 Å². The molecule has 6 rings (SSSR count). The summed E-state index contributed by atoms with van der Waals surface area (Å²) in [5.74, 6) is 0.901. The van der Waals surface area contributed by atoms with Gasteiger partial charge in [0.25, 0.3) is 5.56 Å². The molecule has 2 N–H and O–H groups in total. The van der Waals surface area contributed by atoms with Crippen LogP contribution < -0.4 is 21.1 Å². The van der Waals surface area contributed by atoms with Crippen LogP contribution in [0.4, 0.5) is 17.3 Å². The highest BCUT2D eigenvalue weighted by molar-refractivity contribution is 5.83. The van der Waals surface area contributed by atoms with Crippen LogP contribution in [0, 0.1) is 0 Å². The first-order chi connectivity index (χ1) is 18.6. The van der Waals surface area contributed by atoms with E-state index >= 15 is 0 Å². The number of pyridine rings is 1. The Bertz CT molecular complexity index is 1480. The van der Waals surface area contributed by atoms with Gasteiger partial charge in [-0.1, -0.05) is 24.3 Å². The minimum Gasteiger partial charge on any atom is -0.369 e. The van der Waals surface area contributed by atoms with E-state index in [2.05, 4.69) is 74.9 Å². The smallest absolute Gasteiger partial charge is 0.260 e. The van der Waals surface area contributed by atoms with Crippen molar-refractivity contribution in [3.05, 3.63) is 76.7 Å². The van der Waals surface area contributed by atoms with Gasteiger partial charge in [0.05, 0.1) is 0 Å². The third-order valence-electron chi connectivity index (χ3n) is 7.89. The van der Waals surface area contributed by atoms with Gasteiger partial charge in [-0.3, -0.25) is 9.36 Å². The molecule has 0 radical (unpaired) electrons. The van der Waals surface area contributed by atoms with Crippen molar-refractivity contribution in [2.45, 2.75) is 25.8 Å². The summed E-state index contributed by atoms with van der Waals surface area (Å²) in [6, 6.07) is 18.7. The summed E-state index contributed by atoms with van der Waals surface area (Å²) in [5, 5.41) is 7.63. The molecule has 2 aliphatic rings. The Morgan fingerprint density at radius 1 is 1.03 bits per heavy atom. The number of aryl methyl sites for hydroxylation is 1. The fourth-order valence-corrected chi connectivity index (χ4v) is 5.67. The molecule has 0 saturated carbocycles. The maximum absolute atomic E-state index is 13.7. The van der Waals surface area contributed by atoms with E-state index in [9.17, 15) is 4.79 Å². The highest BCUT2D eigenvalue weighted by Gasteiger charge is 2.22. The molecule has 2 saturated heterocycles. The topological polar surface area (TPSA) is 78.3 Å². The van der Waals surface area contributed by atoms with Crippen LogP contribution in [0.2, 0.25) is 0 Å². The molecule has 2 aromatic heterocycles. The lowest BCUT2D eigenvalue weighted by atomic mass is 9.90. The first-order valence-electron chi connectivity index (χ1n) is 13.6. The van der Waals surface area contributed by atoms with Crippen LogP contribution in [0.15, 0.2) is 65.6 Å². The number of anilines is 3. The van der Waals surface area contributed by atoms with Crippen molar-refractivity contribution in [3.63, 3.8) is 0 Å². The van der Waals surface area contributed by atoms with Crippen LogP contribution in [-0.2, 0) is 6.54 Å². The standard InChI is InChI=1S/C30H35N7O/c1-3-37-28-22(18-27(29(37)38)26-7-5-4-6-25(26)21-12-13-31-19-21)20-32-30(34-28)33-23-8-10-24(11-9-23)36-16-14-35(2)15-17-36/h4-11,18,20-21,31H,3,12-17,19H2,1-2H3,(H,32,33,34). The molecule has 2 aliphatic heterocycles. The van der Waals surface area contributed by atoms with Crippen LogP contribution in [-0.4, -0.2) is 65.8 Å². The number of nitrogens with one attached hydrogen (secondary N) is 2. The number of hydrogen-bond donors (Lipinski definition) is 2. The highest BCUT2D eigenvalue weighted by Crippen LogP contribution is 2.32. The predicted octanol–water partition coefficient (Wildman–Crippen LogP) is 4.05. The summed E-state index contributed by atoms with van der Waals surface area (Å²) < 4.78 is 1.76. The fourth-order valence-electron chi connectivity index (χ4n) is 5.67. The fraction of sp³-hybridized carbons (Fsp3) is 0.367. The second kappa shape index (κ2) is 10.6. The highest BCUT2D eigenvalue weighted by atomic mass is 16.1. The molecule has 2 aromatic carbocycles. The third-order valence-corrected chi connectivity index (χ3v) is 7.89. The lowest BCUT2D eigenvalue weighted by Gasteiger charge is -2.34. The quantitative estimate of drug-likeness (QED) is 0.406. The second-order valence-corrected chi connectivity index (χ2v) is 10.3. The molecule has 1 atom stereocenters. The minimum absolute atomic E-state index is 0.0143. The van der Waals surface area contributed by atoms with Gasteiger partial charge in [-0.15, -0.1) is 0 Å². The third kappa shape index (κ3) is 4.77. The summed E-state index contributed by atoms with van der Waals surface area (Å²) >= 11 is 0. The van der Waals surface area contributed by atoms with Crippen LogP contribution in [0.25, 0.3) is 22.2 Å². The van der Waals surface area contributed by atoms with Crippen molar-refractivity contribution in [2.75, 3.05) is 56.5 Å². The van der Waals surface area contributed by atoms with E-state index < -0.39 is 0 Å². The summed E-state index contributed by atoms with van der Waals surface area (Å²) in [7, 11) is 2.17. The number of fused-ring (bicyclic) bond motifs is 1. The van der Waals surface area contributed by atoms with Crippen LogP contribution >= 0.6 is 0 Å². The number of rotatable bonds is 6. The molecule has 2 fully saturated rings. The van der Waals surface area contributed by atoms with Gasteiger partial charge >= 0.3 is 0 Å². The Morgan fingerprint density at radius 3 is 2.55 bits per heavy atom. The zero-order valence-electron chi connectivity index (χ0n) is 22.2. The number of benzene rings is 2. The number of likely N-dealkylation sites (N-methyl/N-ethyl adjacent to an activating group) is 1. The van der Waals surface area contributed by atoms with Gasteiger partial charge in [-0.05, 0) is 74.3 Å². The van der Waals surface area contributed by atoms with Gasteiger partial charge in [-0.2, -0.15) is 4.98 Å². The number of piperazine rings is 1. The zero-order chi connectivity index (χ0) is 26.1. The van der Waals surface area contributed by atoms with Crippen molar-refractivity contribution in [3.8, 4) is 11.1 Å². The van der Waals surface area contributed by atoms with E-state index in [0.29, 0.717) is 29.6 Å². The Balaban J connectivity index is 1.30. The number of aromatic nitrogens is 3. The largest absolute Gasteiger partial charge is 0.369 e. The van der Waals surface area contributed by atoms with Crippen molar-refractivity contribution >= 4 is 28.4 Å². The van der Waals surface area contributed by atoms with Crippen molar-refractivity contribution in [2.24, 2.45) is 0 Å². The van der Waals surface area contributed by atoms with Gasteiger partial charge in [0, 0.05) is 67.8 Å². The average molecular weight is 510 g/mol. The van der Waals surface area contributed by atoms with Gasteiger partial charge in [-0.25, -0.2) is 4.98 Å². The van der Waals surface area contributed by atoms with Crippen molar-refractivity contribution in [1.82, 2.24) is 24.8 Å². The molecule has 0 spiro atoms. The lowest BCUT2D eigenvalue weighted by molar-refractivity contribution is 0.313. The number of hydrogen-bond acceptors (Lipinski definition) is 7. The van der Waals surface area contributed by atoms with E-state index in [0.717, 1.165) is 62.3 Å². The molecule has 0 amide bonds. The first kappa shape index (κ1) is 24.6. The summed E-state index contributed by atoms with van der Waals surface area (Å²) in [6.07, 6.45) is 2.90. The monoisotopic (exact) mass is 509 g/mol. The molecular weight excluding hydrogens is 474 g/mol. The molecule has 4 aromatic rings. The number of nitrogens with zero attached hydrogens (tertiary/aromatic N) is 5. The van der Waals surface area contributed by atoms with Gasteiger partial charge in [0.15, 0.2) is 0 Å². The lowest BCUT2D eigenvalue weighted by Crippen LogP contribution is -2.44. The Labute approximate surface area is 223 Å². The van der Waals surface area contributed by atoms with Crippen molar-refractivity contribution in [1.29, 1.82) is 0 Å². The van der Waals surface area contributed by atoms with Gasteiger partial charge in [0.1, 0.15) is 5.65 Å². The Kier molecular flexibility index (Phi) is 6.82. The van der Waals surface area contributed by atoms with Crippen LogP contribution in [0.1, 0.15) is 24.8 Å². The van der Waals surface area contributed by atoms with E-state index in [1.165, 1.54) is 11.3 Å². The Hall–Kier alpha value is -3.75. The molecular formula is C30H35N7O. The molecule has 8 nitrogen and oxygen atoms in total. The molecule has 196 valence electrons. The molecule has 1 unspecified atom stereocenters. The molecule has 38 heavy (non-hydrogen) atoms. The maximum atomic E-state index is 13.7. The van der Waals surface area contributed by atoms with Gasteiger partial charge in [0.2, 0.25) is 5.95 Å². The van der Waals surface area contributed by atoms with E-state index in [1.54, 1.807) is 4.57 Å². The minimum atomic E-state index is -0.0143. The molecule has 0 aliphatic carbocycles. The molecule has 4 heterocycles. The first-order valence-corrected chi connectivity index (χ1v) is 13.6. The normalized spacial score (nSPS) is 18.3. The van der Waals surface area contributed by atoms with Gasteiger partial charge < -0.3 is 20.4 Å². The molecule has 8 heteroatoms.